The highest BCUT2D eigenvalue weighted by Crippen LogP contribution is 2.43. The van der Waals surface area contributed by atoms with Crippen molar-refractivity contribution in [1.82, 2.24) is 14.8 Å². The van der Waals surface area contributed by atoms with Crippen LogP contribution >= 0.6 is 11.3 Å². The normalized spacial score (nSPS) is 21.9. The van der Waals surface area contributed by atoms with Gasteiger partial charge in [0.05, 0.1) is 6.54 Å². The lowest BCUT2D eigenvalue weighted by Crippen LogP contribution is -2.63. The van der Waals surface area contributed by atoms with Crippen LogP contribution in [-0.4, -0.2) is 45.7 Å². The van der Waals surface area contributed by atoms with Crippen LogP contribution in [-0.2, 0) is 16.0 Å². The molecule has 2 amide bonds. The molecule has 2 aromatic heterocycles. The minimum absolute atomic E-state index is 0.0448. The van der Waals surface area contributed by atoms with E-state index in [1.807, 2.05) is 28.5 Å². The predicted octanol–water partition coefficient (Wildman–Crippen LogP) is 3.71. The summed E-state index contributed by atoms with van der Waals surface area (Å²) in [4.78, 5) is 34.8. The van der Waals surface area contributed by atoms with E-state index in [0.717, 1.165) is 34.3 Å². The van der Waals surface area contributed by atoms with Crippen molar-refractivity contribution in [3.8, 4) is 0 Å². The zero-order valence-corrected chi connectivity index (χ0v) is 16.7. The Balaban J connectivity index is 1.65. The number of H-pyrrole nitrogens is 1. The highest BCUT2D eigenvalue weighted by Gasteiger charge is 2.48. The van der Waals surface area contributed by atoms with E-state index in [4.69, 9.17) is 0 Å². The fourth-order valence-corrected chi connectivity index (χ4v) is 5.44. The van der Waals surface area contributed by atoms with E-state index in [9.17, 15) is 9.59 Å². The average Bonchev–Trinajstić information content (AvgIpc) is 3.36. The highest BCUT2D eigenvalue weighted by atomic mass is 32.1. The van der Waals surface area contributed by atoms with E-state index in [2.05, 4.69) is 30.1 Å². The first-order valence-corrected chi connectivity index (χ1v) is 10.8. The molecule has 28 heavy (non-hydrogen) atoms. The molecule has 2 atom stereocenters. The number of rotatable bonds is 4. The van der Waals surface area contributed by atoms with Crippen LogP contribution in [0.5, 0.6) is 0 Å². The van der Waals surface area contributed by atoms with Crippen LogP contribution in [0.15, 0.2) is 41.8 Å². The SMILES string of the molecule is CCCCN1CC(=O)N2[C@@H](c3cccs3)c3[nH]c4ccccc4c3C[C@H]2C1=O. The molecule has 5 nitrogen and oxygen atoms in total. The number of aromatic amines is 1. The molecule has 2 aliphatic heterocycles. The minimum atomic E-state index is -0.420. The number of benzene rings is 1. The fraction of sp³-hybridized carbons (Fsp3) is 0.364. The van der Waals surface area contributed by atoms with Crippen molar-refractivity contribution in [2.24, 2.45) is 0 Å². The Morgan fingerprint density at radius 3 is 2.82 bits per heavy atom. The van der Waals surface area contributed by atoms with Crippen molar-refractivity contribution < 1.29 is 9.59 Å². The second-order valence-corrected chi connectivity index (χ2v) is 8.59. The van der Waals surface area contributed by atoms with E-state index in [1.165, 1.54) is 5.56 Å². The molecule has 3 aromatic rings. The molecule has 0 unspecified atom stereocenters. The Bertz CT molecular complexity index is 1040. The van der Waals surface area contributed by atoms with E-state index in [-0.39, 0.29) is 24.4 Å². The van der Waals surface area contributed by atoms with Gasteiger partial charge in [0.1, 0.15) is 12.1 Å². The van der Waals surface area contributed by atoms with Gasteiger partial charge >= 0.3 is 0 Å². The zero-order chi connectivity index (χ0) is 19.3. The van der Waals surface area contributed by atoms with Gasteiger partial charge in [0.25, 0.3) is 0 Å². The molecule has 4 heterocycles. The van der Waals surface area contributed by atoms with Crippen molar-refractivity contribution in [2.45, 2.75) is 38.3 Å². The van der Waals surface area contributed by atoms with Crippen molar-refractivity contribution >= 4 is 34.1 Å². The number of hydrogen-bond acceptors (Lipinski definition) is 3. The number of amides is 2. The minimum Gasteiger partial charge on any atom is -0.356 e. The molecule has 0 spiro atoms. The van der Waals surface area contributed by atoms with Crippen molar-refractivity contribution in [3.05, 3.63) is 57.9 Å². The molecule has 1 saturated heterocycles. The number of nitrogens with one attached hydrogen (secondary N) is 1. The van der Waals surface area contributed by atoms with Crippen LogP contribution in [0.4, 0.5) is 0 Å². The maximum Gasteiger partial charge on any atom is 0.246 e. The van der Waals surface area contributed by atoms with Gasteiger partial charge in [0, 0.05) is 34.4 Å². The van der Waals surface area contributed by atoms with Gasteiger partial charge in [-0.15, -0.1) is 11.3 Å². The van der Waals surface area contributed by atoms with Crippen LogP contribution in [0.3, 0.4) is 0 Å². The number of aromatic nitrogens is 1. The third-order valence-corrected chi connectivity index (χ3v) is 6.86. The standard InChI is InChI=1S/C22H23N3O2S/c1-2-3-10-24-13-19(26)25-17(22(24)27)12-15-14-7-4-5-8-16(14)23-20(15)21(25)18-9-6-11-28-18/h4-9,11,17,21,23H,2-3,10,12-13H2,1H3/t17-,21-/m0/s1. The number of carbonyl (C=O) groups excluding carboxylic acids is 2. The number of para-hydroxylation sites is 1. The summed E-state index contributed by atoms with van der Waals surface area (Å²) in [6.45, 7) is 2.96. The van der Waals surface area contributed by atoms with Gasteiger partial charge < -0.3 is 14.8 Å². The van der Waals surface area contributed by atoms with Gasteiger partial charge in [0.15, 0.2) is 0 Å². The lowest BCUT2D eigenvalue weighted by atomic mass is 9.88. The van der Waals surface area contributed by atoms with Crippen LogP contribution in [0.2, 0.25) is 0 Å². The topological polar surface area (TPSA) is 56.4 Å². The summed E-state index contributed by atoms with van der Waals surface area (Å²) in [7, 11) is 0. The van der Waals surface area contributed by atoms with E-state index in [0.29, 0.717) is 13.0 Å². The number of carbonyl (C=O) groups is 2. The Kier molecular flexibility index (Phi) is 4.23. The van der Waals surface area contributed by atoms with Crippen LogP contribution in [0.1, 0.15) is 41.9 Å². The van der Waals surface area contributed by atoms with Gasteiger partial charge in [-0.25, -0.2) is 0 Å². The number of piperazine rings is 1. The third-order valence-electron chi connectivity index (χ3n) is 5.94. The van der Waals surface area contributed by atoms with Gasteiger partial charge in [-0.05, 0) is 29.5 Å². The van der Waals surface area contributed by atoms with Gasteiger partial charge in [-0.1, -0.05) is 37.6 Å². The van der Waals surface area contributed by atoms with Crippen molar-refractivity contribution in [2.75, 3.05) is 13.1 Å². The van der Waals surface area contributed by atoms with E-state index in [1.54, 1.807) is 16.2 Å². The van der Waals surface area contributed by atoms with Crippen LogP contribution in [0, 0.1) is 0 Å². The smallest absolute Gasteiger partial charge is 0.246 e. The molecule has 6 heteroatoms. The van der Waals surface area contributed by atoms with Gasteiger partial charge in [-0.2, -0.15) is 0 Å². The van der Waals surface area contributed by atoms with Crippen molar-refractivity contribution in [1.29, 1.82) is 0 Å². The number of unbranched alkanes of at least 4 members (excludes halogenated alkanes) is 1. The first-order valence-electron chi connectivity index (χ1n) is 9.92. The second-order valence-electron chi connectivity index (χ2n) is 7.62. The molecule has 0 saturated carbocycles. The lowest BCUT2D eigenvalue weighted by molar-refractivity contribution is -0.158. The quantitative estimate of drug-likeness (QED) is 0.735. The molecule has 0 bridgehead atoms. The summed E-state index contributed by atoms with van der Waals surface area (Å²) < 4.78 is 0. The zero-order valence-electron chi connectivity index (χ0n) is 15.9. The molecule has 0 aliphatic carbocycles. The number of nitrogens with zero attached hydrogens (tertiary/aromatic N) is 2. The average molecular weight is 394 g/mol. The monoisotopic (exact) mass is 393 g/mol. The van der Waals surface area contributed by atoms with Crippen LogP contribution in [0.25, 0.3) is 10.9 Å². The summed E-state index contributed by atoms with van der Waals surface area (Å²) in [6, 6.07) is 11.7. The van der Waals surface area contributed by atoms with E-state index >= 15 is 0 Å². The van der Waals surface area contributed by atoms with Crippen LogP contribution < -0.4 is 0 Å². The first kappa shape index (κ1) is 17.5. The highest BCUT2D eigenvalue weighted by molar-refractivity contribution is 7.10. The first-order chi connectivity index (χ1) is 13.7. The summed E-state index contributed by atoms with van der Waals surface area (Å²) >= 11 is 1.64. The molecular weight excluding hydrogens is 370 g/mol. The van der Waals surface area contributed by atoms with Gasteiger partial charge in [-0.3, -0.25) is 9.59 Å². The molecule has 2 aliphatic rings. The molecule has 1 N–H and O–H groups in total. The fourth-order valence-electron chi connectivity index (χ4n) is 4.61. The number of hydrogen-bond donors (Lipinski definition) is 1. The largest absolute Gasteiger partial charge is 0.356 e. The summed E-state index contributed by atoms with van der Waals surface area (Å²) in [6.07, 6.45) is 2.52. The molecule has 1 aromatic carbocycles. The van der Waals surface area contributed by atoms with Gasteiger partial charge in [0.2, 0.25) is 11.8 Å². The molecule has 5 rings (SSSR count). The predicted molar refractivity (Wildman–Crippen MR) is 110 cm³/mol. The second kappa shape index (κ2) is 6.78. The summed E-state index contributed by atoms with van der Waals surface area (Å²) in [5.41, 5.74) is 3.30. The van der Waals surface area contributed by atoms with E-state index < -0.39 is 6.04 Å². The van der Waals surface area contributed by atoms with Crippen molar-refractivity contribution in [3.63, 3.8) is 0 Å². The maximum absolute atomic E-state index is 13.3. The lowest BCUT2D eigenvalue weighted by Gasteiger charge is -2.46. The Labute approximate surface area is 168 Å². The number of thiophene rings is 1. The maximum atomic E-state index is 13.3. The number of fused-ring (bicyclic) bond motifs is 4. The third kappa shape index (κ3) is 2.58. The summed E-state index contributed by atoms with van der Waals surface area (Å²) in [5, 5.41) is 3.19. The Morgan fingerprint density at radius 1 is 1.18 bits per heavy atom. The molecular formula is C22H23N3O2S. The Hall–Kier alpha value is -2.60. The molecule has 144 valence electrons. The summed E-state index contributed by atoms with van der Waals surface area (Å²) in [5.74, 6) is 0.133. The molecule has 0 radical (unpaired) electrons. The molecule has 1 fully saturated rings. The Morgan fingerprint density at radius 2 is 2.04 bits per heavy atom.